The molecule has 0 spiro atoms. The van der Waals surface area contributed by atoms with Crippen molar-refractivity contribution in [3.05, 3.63) is 35.6 Å². The van der Waals surface area contributed by atoms with E-state index >= 15 is 0 Å². The van der Waals surface area contributed by atoms with Crippen molar-refractivity contribution in [3.8, 4) is 0 Å². The molecule has 0 aliphatic carbocycles. The maximum atomic E-state index is 12.7. The zero-order chi connectivity index (χ0) is 12.3. The minimum absolute atomic E-state index is 0.190. The van der Waals surface area contributed by atoms with Gasteiger partial charge in [-0.2, -0.15) is 0 Å². The van der Waals surface area contributed by atoms with Crippen LogP contribution in [-0.4, -0.2) is 30.4 Å². The number of hydrogen-bond donors (Lipinski definition) is 2. The van der Waals surface area contributed by atoms with E-state index in [2.05, 4.69) is 5.32 Å². The Labute approximate surface area is 101 Å². The summed E-state index contributed by atoms with van der Waals surface area (Å²) in [5, 5.41) is 13.2. The van der Waals surface area contributed by atoms with Crippen LogP contribution in [0.4, 0.5) is 4.39 Å². The van der Waals surface area contributed by atoms with Crippen LogP contribution in [0.2, 0.25) is 0 Å². The van der Waals surface area contributed by atoms with Crippen molar-refractivity contribution in [2.75, 3.05) is 13.2 Å². The second kappa shape index (κ2) is 5.58. The Bertz CT molecular complexity index is 355. The average Bonchev–Trinajstić information content (AvgIpc) is 2.73. The molecule has 3 nitrogen and oxygen atoms in total. The third kappa shape index (κ3) is 3.25. The Kier molecular flexibility index (Phi) is 4.10. The second-order valence-electron chi connectivity index (χ2n) is 4.45. The van der Waals surface area contributed by atoms with Gasteiger partial charge >= 0.3 is 0 Å². The van der Waals surface area contributed by atoms with Crippen LogP contribution < -0.4 is 5.32 Å². The summed E-state index contributed by atoms with van der Waals surface area (Å²) in [6, 6.07) is 6.23. The molecule has 1 aliphatic heterocycles. The third-order valence-corrected chi connectivity index (χ3v) is 3.20. The Morgan fingerprint density at radius 3 is 2.76 bits per heavy atom. The number of hydrogen-bond acceptors (Lipinski definition) is 3. The van der Waals surface area contributed by atoms with Gasteiger partial charge in [0.25, 0.3) is 0 Å². The zero-order valence-electron chi connectivity index (χ0n) is 9.90. The summed E-state index contributed by atoms with van der Waals surface area (Å²) in [5.41, 5.74) is 0.727. The van der Waals surface area contributed by atoms with Crippen LogP contribution >= 0.6 is 0 Å². The molecule has 17 heavy (non-hydrogen) atoms. The minimum atomic E-state index is -0.608. The number of benzene rings is 1. The van der Waals surface area contributed by atoms with Crippen molar-refractivity contribution in [3.63, 3.8) is 0 Å². The summed E-state index contributed by atoms with van der Waals surface area (Å²) >= 11 is 0. The fourth-order valence-electron chi connectivity index (χ4n) is 2.07. The summed E-state index contributed by atoms with van der Waals surface area (Å²) < 4.78 is 18.1. The SMILES string of the molecule is CC1OCCC1NCC(O)c1ccc(F)cc1. The third-order valence-electron chi connectivity index (χ3n) is 3.20. The van der Waals surface area contributed by atoms with E-state index in [1.54, 1.807) is 12.1 Å². The van der Waals surface area contributed by atoms with Gasteiger partial charge in [0.2, 0.25) is 0 Å². The van der Waals surface area contributed by atoms with Gasteiger partial charge in [0.05, 0.1) is 12.2 Å². The first-order valence-electron chi connectivity index (χ1n) is 5.95. The predicted molar refractivity (Wildman–Crippen MR) is 63.2 cm³/mol. The minimum Gasteiger partial charge on any atom is -0.387 e. The topological polar surface area (TPSA) is 41.5 Å². The van der Waals surface area contributed by atoms with Crippen molar-refractivity contribution in [1.29, 1.82) is 0 Å². The molecule has 1 aromatic carbocycles. The first kappa shape index (κ1) is 12.5. The highest BCUT2D eigenvalue weighted by molar-refractivity contribution is 5.18. The maximum Gasteiger partial charge on any atom is 0.123 e. The first-order valence-corrected chi connectivity index (χ1v) is 5.95. The van der Waals surface area contributed by atoms with E-state index in [4.69, 9.17) is 4.74 Å². The lowest BCUT2D eigenvalue weighted by molar-refractivity contribution is 0.107. The highest BCUT2D eigenvalue weighted by atomic mass is 19.1. The normalized spacial score (nSPS) is 26.1. The molecule has 3 unspecified atom stereocenters. The van der Waals surface area contributed by atoms with E-state index in [9.17, 15) is 9.50 Å². The van der Waals surface area contributed by atoms with Crippen molar-refractivity contribution < 1.29 is 14.2 Å². The van der Waals surface area contributed by atoms with Crippen LogP contribution in [0.25, 0.3) is 0 Å². The Balaban J connectivity index is 1.84. The number of aliphatic hydroxyl groups excluding tert-OH is 1. The molecule has 0 saturated carbocycles. The molecule has 2 rings (SSSR count). The summed E-state index contributed by atoms with van der Waals surface area (Å²) in [4.78, 5) is 0. The fraction of sp³-hybridized carbons (Fsp3) is 0.538. The zero-order valence-corrected chi connectivity index (χ0v) is 9.90. The van der Waals surface area contributed by atoms with Gasteiger partial charge in [0.1, 0.15) is 5.82 Å². The Morgan fingerprint density at radius 2 is 2.18 bits per heavy atom. The fourth-order valence-corrected chi connectivity index (χ4v) is 2.07. The molecule has 1 aliphatic rings. The molecule has 1 heterocycles. The molecule has 2 N–H and O–H groups in total. The molecule has 1 saturated heterocycles. The monoisotopic (exact) mass is 239 g/mol. The summed E-state index contributed by atoms with van der Waals surface area (Å²) in [5.74, 6) is -0.285. The summed E-state index contributed by atoms with van der Waals surface area (Å²) in [7, 11) is 0. The molecule has 94 valence electrons. The number of nitrogens with one attached hydrogen (secondary N) is 1. The summed E-state index contributed by atoms with van der Waals surface area (Å²) in [6.07, 6.45) is 0.552. The standard InChI is InChI=1S/C13H18FNO2/c1-9-12(6-7-17-9)15-8-13(16)10-2-4-11(14)5-3-10/h2-5,9,12-13,15-16H,6-8H2,1H3. The van der Waals surface area contributed by atoms with Crippen molar-refractivity contribution in [2.45, 2.75) is 31.6 Å². The van der Waals surface area contributed by atoms with E-state index in [0.29, 0.717) is 12.6 Å². The molecule has 1 aromatic rings. The highest BCUT2D eigenvalue weighted by Crippen LogP contribution is 2.16. The van der Waals surface area contributed by atoms with Gasteiger partial charge in [-0.15, -0.1) is 0 Å². The smallest absolute Gasteiger partial charge is 0.123 e. The predicted octanol–water partition coefficient (Wildman–Crippen LogP) is 1.63. The molecular weight excluding hydrogens is 221 g/mol. The van der Waals surface area contributed by atoms with E-state index in [1.807, 2.05) is 6.92 Å². The molecule has 0 bridgehead atoms. The van der Waals surface area contributed by atoms with Crippen LogP contribution in [-0.2, 0) is 4.74 Å². The number of rotatable bonds is 4. The van der Waals surface area contributed by atoms with Gasteiger partial charge in [0, 0.05) is 19.2 Å². The van der Waals surface area contributed by atoms with E-state index in [1.165, 1.54) is 12.1 Å². The maximum absolute atomic E-state index is 12.7. The molecular formula is C13H18FNO2. The molecule has 0 aromatic heterocycles. The number of halogens is 1. The molecule has 4 heteroatoms. The number of ether oxygens (including phenoxy) is 1. The van der Waals surface area contributed by atoms with Gasteiger partial charge < -0.3 is 15.2 Å². The van der Waals surface area contributed by atoms with Crippen LogP contribution in [0, 0.1) is 5.82 Å². The van der Waals surface area contributed by atoms with E-state index in [0.717, 1.165) is 18.6 Å². The van der Waals surface area contributed by atoms with Crippen molar-refractivity contribution in [2.24, 2.45) is 0 Å². The van der Waals surface area contributed by atoms with E-state index in [-0.39, 0.29) is 11.9 Å². The second-order valence-corrected chi connectivity index (χ2v) is 4.45. The quantitative estimate of drug-likeness (QED) is 0.839. The van der Waals surface area contributed by atoms with Crippen LogP contribution in [0.3, 0.4) is 0 Å². The largest absolute Gasteiger partial charge is 0.387 e. The van der Waals surface area contributed by atoms with E-state index < -0.39 is 6.10 Å². The van der Waals surface area contributed by atoms with Gasteiger partial charge in [0.15, 0.2) is 0 Å². The number of aliphatic hydroxyl groups is 1. The van der Waals surface area contributed by atoms with Crippen molar-refractivity contribution in [1.82, 2.24) is 5.32 Å². The molecule has 3 atom stereocenters. The Morgan fingerprint density at radius 1 is 1.47 bits per heavy atom. The molecule has 1 fully saturated rings. The Hall–Kier alpha value is -0.970. The van der Waals surface area contributed by atoms with Gasteiger partial charge in [-0.1, -0.05) is 12.1 Å². The molecule has 0 amide bonds. The van der Waals surface area contributed by atoms with Crippen LogP contribution in [0.15, 0.2) is 24.3 Å². The lowest BCUT2D eigenvalue weighted by Gasteiger charge is -2.19. The average molecular weight is 239 g/mol. The summed E-state index contributed by atoms with van der Waals surface area (Å²) in [6.45, 7) is 3.25. The van der Waals surface area contributed by atoms with Gasteiger partial charge in [-0.25, -0.2) is 4.39 Å². The van der Waals surface area contributed by atoms with Crippen molar-refractivity contribution >= 4 is 0 Å². The lowest BCUT2D eigenvalue weighted by Crippen LogP contribution is -2.37. The molecule has 0 radical (unpaired) electrons. The highest BCUT2D eigenvalue weighted by Gasteiger charge is 2.24. The van der Waals surface area contributed by atoms with Gasteiger partial charge in [-0.3, -0.25) is 0 Å². The first-order chi connectivity index (χ1) is 8.16. The van der Waals surface area contributed by atoms with Crippen LogP contribution in [0.5, 0.6) is 0 Å². The van der Waals surface area contributed by atoms with Gasteiger partial charge in [-0.05, 0) is 31.0 Å². The van der Waals surface area contributed by atoms with Crippen LogP contribution in [0.1, 0.15) is 25.0 Å². The lowest BCUT2D eigenvalue weighted by atomic mass is 10.1.